The number of carbonyl (C=O) groups excluding carboxylic acids is 2. The molecular weight excluding hydrogens is 180 g/mol. The minimum absolute atomic E-state index is 0.110. The molecule has 1 saturated heterocycles. The summed E-state index contributed by atoms with van der Waals surface area (Å²) >= 11 is 0. The summed E-state index contributed by atoms with van der Waals surface area (Å²) in [6.45, 7) is 3.44. The molecule has 14 heavy (non-hydrogen) atoms. The molecule has 0 aliphatic carbocycles. The Bertz CT molecular complexity index is 411. The minimum Gasteiger partial charge on any atom is -0.303 e. The molecule has 0 spiro atoms. The van der Waals surface area contributed by atoms with Gasteiger partial charge in [0.05, 0.1) is 5.69 Å². The monoisotopic (exact) mass is 188 g/mol. The van der Waals surface area contributed by atoms with E-state index in [-0.39, 0.29) is 5.70 Å². The number of hydrogen-bond acceptors (Lipinski definition) is 2. The normalized spacial score (nSPS) is 16.0. The van der Waals surface area contributed by atoms with Crippen molar-refractivity contribution in [1.82, 2.24) is 5.32 Å². The number of anilines is 1. The number of benzene rings is 1. The number of urea groups is 1. The summed E-state index contributed by atoms with van der Waals surface area (Å²) in [4.78, 5) is 23.8. The van der Waals surface area contributed by atoms with E-state index in [9.17, 15) is 9.59 Å². The molecule has 0 saturated carbocycles. The first-order chi connectivity index (χ1) is 6.70. The third kappa shape index (κ3) is 1.17. The Morgan fingerprint density at radius 2 is 1.79 bits per heavy atom. The van der Waals surface area contributed by atoms with Crippen molar-refractivity contribution in [1.29, 1.82) is 0 Å². The van der Waals surface area contributed by atoms with E-state index in [1.54, 1.807) is 24.3 Å². The van der Waals surface area contributed by atoms with Crippen LogP contribution in [-0.4, -0.2) is 11.9 Å². The average molecular weight is 188 g/mol. The zero-order valence-corrected chi connectivity index (χ0v) is 7.36. The molecule has 0 unspecified atom stereocenters. The van der Waals surface area contributed by atoms with Gasteiger partial charge in [-0.25, -0.2) is 9.69 Å². The van der Waals surface area contributed by atoms with Gasteiger partial charge in [-0.05, 0) is 12.1 Å². The highest BCUT2D eigenvalue weighted by Crippen LogP contribution is 2.19. The summed E-state index contributed by atoms with van der Waals surface area (Å²) in [6.07, 6.45) is 0. The lowest BCUT2D eigenvalue weighted by molar-refractivity contribution is -0.113. The van der Waals surface area contributed by atoms with E-state index in [1.165, 1.54) is 0 Å². The molecule has 0 bridgehead atoms. The Labute approximate surface area is 80.8 Å². The van der Waals surface area contributed by atoms with Gasteiger partial charge in [-0.15, -0.1) is 0 Å². The second kappa shape index (κ2) is 2.99. The Morgan fingerprint density at radius 1 is 1.14 bits per heavy atom. The first-order valence-corrected chi connectivity index (χ1v) is 4.09. The molecule has 70 valence electrons. The molecule has 0 aromatic heterocycles. The maximum absolute atomic E-state index is 11.5. The first-order valence-electron chi connectivity index (χ1n) is 4.09. The summed E-state index contributed by atoms with van der Waals surface area (Å²) in [6, 6.07) is 8.27. The van der Waals surface area contributed by atoms with Crippen LogP contribution in [0.2, 0.25) is 0 Å². The van der Waals surface area contributed by atoms with Crippen molar-refractivity contribution < 1.29 is 9.59 Å². The predicted octanol–water partition coefficient (Wildman–Crippen LogP) is 1.26. The number of hydrogen-bond donors (Lipinski definition) is 1. The fourth-order valence-corrected chi connectivity index (χ4v) is 1.28. The summed E-state index contributed by atoms with van der Waals surface area (Å²) in [7, 11) is 0. The van der Waals surface area contributed by atoms with Crippen LogP contribution in [0.5, 0.6) is 0 Å². The maximum Gasteiger partial charge on any atom is 0.333 e. The van der Waals surface area contributed by atoms with E-state index >= 15 is 0 Å². The smallest absolute Gasteiger partial charge is 0.303 e. The Kier molecular flexibility index (Phi) is 1.81. The molecule has 1 aliphatic heterocycles. The highest BCUT2D eigenvalue weighted by Gasteiger charge is 2.33. The summed E-state index contributed by atoms with van der Waals surface area (Å²) < 4.78 is 0. The molecule has 1 aromatic carbocycles. The zero-order valence-electron chi connectivity index (χ0n) is 7.36. The number of rotatable bonds is 1. The van der Waals surface area contributed by atoms with Crippen LogP contribution >= 0.6 is 0 Å². The summed E-state index contributed by atoms with van der Waals surface area (Å²) in [5.74, 6) is -0.402. The van der Waals surface area contributed by atoms with Gasteiger partial charge in [-0.1, -0.05) is 24.8 Å². The number of nitrogens with one attached hydrogen (secondary N) is 1. The van der Waals surface area contributed by atoms with Crippen LogP contribution in [0.3, 0.4) is 0 Å². The van der Waals surface area contributed by atoms with Gasteiger partial charge in [-0.2, -0.15) is 0 Å². The van der Waals surface area contributed by atoms with E-state index < -0.39 is 11.9 Å². The van der Waals surface area contributed by atoms with Crippen molar-refractivity contribution >= 4 is 17.6 Å². The largest absolute Gasteiger partial charge is 0.333 e. The van der Waals surface area contributed by atoms with Gasteiger partial charge in [0.15, 0.2) is 0 Å². The molecule has 0 atom stereocenters. The molecule has 1 aromatic rings. The van der Waals surface area contributed by atoms with Crippen molar-refractivity contribution in [3.63, 3.8) is 0 Å². The molecule has 1 fully saturated rings. The number of nitrogens with zero attached hydrogens (tertiary/aromatic N) is 1. The second-order valence-electron chi connectivity index (χ2n) is 2.88. The predicted molar refractivity (Wildman–Crippen MR) is 51.6 cm³/mol. The standard InChI is InChI=1S/C10H8N2O2/c1-7-9(13)12(10(14)11-7)8-5-3-2-4-6-8/h2-6H,1H2,(H,11,14). The van der Waals surface area contributed by atoms with Crippen LogP contribution in [0, 0.1) is 0 Å². The number of amides is 3. The molecule has 2 rings (SSSR count). The topological polar surface area (TPSA) is 49.4 Å². The van der Waals surface area contributed by atoms with E-state index in [0.29, 0.717) is 5.69 Å². The van der Waals surface area contributed by atoms with Crippen LogP contribution in [0.25, 0.3) is 0 Å². The molecule has 1 N–H and O–H groups in total. The molecule has 0 radical (unpaired) electrons. The van der Waals surface area contributed by atoms with Crippen LogP contribution in [0.1, 0.15) is 0 Å². The van der Waals surface area contributed by atoms with Gasteiger partial charge in [0, 0.05) is 0 Å². The molecular formula is C10H8N2O2. The third-order valence-electron chi connectivity index (χ3n) is 1.94. The molecule has 1 aliphatic rings. The molecule has 4 heteroatoms. The quantitative estimate of drug-likeness (QED) is 0.532. The van der Waals surface area contributed by atoms with Crippen LogP contribution in [-0.2, 0) is 4.79 Å². The average Bonchev–Trinajstić information content (AvgIpc) is 2.43. The van der Waals surface area contributed by atoms with Crippen LogP contribution in [0.15, 0.2) is 42.6 Å². The fourth-order valence-electron chi connectivity index (χ4n) is 1.28. The van der Waals surface area contributed by atoms with Crippen LogP contribution in [0.4, 0.5) is 10.5 Å². The lowest BCUT2D eigenvalue weighted by atomic mass is 10.3. The van der Waals surface area contributed by atoms with Crippen molar-refractivity contribution in [3.8, 4) is 0 Å². The maximum atomic E-state index is 11.5. The van der Waals surface area contributed by atoms with Gasteiger partial charge in [0.2, 0.25) is 0 Å². The fraction of sp³-hybridized carbons (Fsp3) is 0. The van der Waals surface area contributed by atoms with Crippen molar-refractivity contribution in [2.24, 2.45) is 0 Å². The van der Waals surface area contributed by atoms with Gasteiger partial charge in [-0.3, -0.25) is 4.79 Å². The van der Waals surface area contributed by atoms with E-state index in [2.05, 4.69) is 11.9 Å². The first kappa shape index (κ1) is 8.50. The lowest BCUT2D eigenvalue weighted by Gasteiger charge is -2.10. The summed E-state index contributed by atoms with van der Waals surface area (Å²) in [5.41, 5.74) is 0.660. The Morgan fingerprint density at radius 3 is 2.29 bits per heavy atom. The van der Waals surface area contributed by atoms with Gasteiger partial charge < -0.3 is 5.32 Å². The van der Waals surface area contributed by atoms with Gasteiger partial charge in [0.25, 0.3) is 5.91 Å². The molecule has 4 nitrogen and oxygen atoms in total. The number of carbonyl (C=O) groups is 2. The van der Waals surface area contributed by atoms with E-state index in [0.717, 1.165) is 4.90 Å². The van der Waals surface area contributed by atoms with Crippen molar-refractivity contribution in [2.45, 2.75) is 0 Å². The highest BCUT2D eigenvalue weighted by atomic mass is 16.2. The Balaban J connectivity index is 2.41. The third-order valence-corrected chi connectivity index (χ3v) is 1.94. The molecule has 3 amide bonds. The number of imide groups is 1. The molecule has 1 heterocycles. The van der Waals surface area contributed by atoms with Crippen molar-refractivity contribution in [3.05, 3.63) is 42.6 Å². The minimum atomic E-state index is -0.453. The SMILES string of the molecule is C=C1NC(=O)N(c2ccccc2)C1=O. The van der Waals surface area contributed by atoms with E-state index in [1.807, 2.05) is 6.07 Å². The lowest BCUT2D eigenvalue weighted by Crippen LogP contribution is -2.30. The zero-order chi connectivity index (χ0) is 10.1. The van der Waals surface area contributed by atoms with Crippen molar-refractivity contribution in [2.75, 3.05) is 4.90 Å². The second-order valence-corrected chi connectivity index (χ2v) is 2.88. The van der Waals surface area contributed by atoms with Gasteiger partial charge >= 0.3 is 6.03 Å². The Hall–Kier alpha value is -2.10. The van der Waals surface area contributed by atoms with Gasteiger partial charge in [0.1, 0.15) is 5.70 Å². The van der Waals surface area contributed by atoms with E-state index in [4.69, 9.17) is 0 Å². The number of para-hydroxylation sites is 1. The summed E-state index contributed by atoms with van der Waals surface area (Å²) in [5, 5.41) is 2.36. The van der Waals surface area contributed by atoms with Crippen LogP contribution < -0.4 is 10.2 Å². The highest BCUT2D eigenvalue weighted by molar-refractivity contribution is 6.26.